The van der Waals surface area contributed by atoms with Gasteiger partial charge in [0.05, 0.1) is 11.2 Å². The number of halogens is 1. The van der Waals surface area contributed by atoms with Crippen LogP contribution in [0.1, 0.15) is 25.7 Å². The highest BCUT2D eigenvalue weighted by Gasteiger charge is 2.16. The summed E-state index contributed by atoms with van der Waals surface area (Å²) >= 11 is 0. The predicted octanol–water partition coefficient (Wildman–Crippen LogP) is 4.89. The van der Waals surface area contributed by atoms with E-state index in [1.165, 1.54) is 31.7 Å². The number of nitrogens with one attached hydrogen (secondary N) is 1. The van der Waals surface area contributed by atoms with Gasteiger partial charge >= 0.3 is 0 Å². The molecule has 4 rings (SSSR count). The summed E-state index contributed by atoms with van der Waals surface area (Å²) in [6.07, 6.45) is 4.88. The second-order valence-electron chi connectivity index (χ2n) is 6.39. The van der Waals surface area contributed by atoms with Crippen molar-refractivity contribution in [3.05, 3.63) is 54.3 Å². The zero-order valence-electron chi connectivity index (χ0n) is 14.1. The summed E-state index contributed by atoms with van der Waals surface area (Å²) in [4.78, 5) is 11.7. The van der Waals surface area contributed by atoms with Crippen LogP contribution in [0.25, 0.3) is 10.9 Å². The van der Waals surface area contributed by atoms with Crippen LogP contribution in [0, 0.1) is 5.82 Å². The zero-order valence-corrected chi connectivity index (χ0v) is 14.1. The van der Waals surface area contributed by atoms with Crippen molar-refractivity contribution in [3.63, 3.8) is 0 Å². The van der Waals surface area contributed by atoms with Crippen molar-refractivity contribution in [2.45, 2.75) is 25.7 Å². The van der Waals surface area contributed by atoms with Crippen LogP contribution in [-0.4, -0.2) is 23.1 Å². The third kappa shape index (κ3) is 3.40. The van der Waals surface area contributed by atoms with E-state index in [1.807, 2.05) is 18.2 Å². The monoisotopic (exact) mass is 336 g/mol. The fourth-order valence-electron chi connectivity index (χ4n) is 3.32. The topological polar surface area (TPSA) is 41.1 Å². The van der Waals surface area contributed by atoms with Crippen molar-refractivity contribution >= 4 is 28.4 Å². The molecular formula is C20H21FN4. The molecule has 1 N–H and O–H groups in total. The van der Waals surface area contributed by atoms with Crippen molar-refractivity contribution in [3.8, 4) is 0 Å². The van der Waals surface area contributed by atoms with E-state index >= 15 is 0 Å². The minimum absolute atomic E-state index is 0.310. The molecule has 0 unspecified atom stereocenters. The molecular weight excluding hydrogens is 315 g/mol. The Balaban J connectivity index is 1.76. The predicted molar refractivity (Wildman–Crippen MR) is 99.9 cm³/mol. The molecule has 5 heteroatoms. The molecule has 1 saturated heterocycles. The zero-order chi connectivity index (χ0) is 17.1. The first-order valence-corrected chi connectivity index (χ1v) is 8.84. The Kier molecular flexibility index (Phi) is 4.46. The van der Waals surface area contributed by atoms with E-state index in [0.717, 1.165) is 29.8 Å². The lowest BCUT2D eigenvalue weighted by Gasteiger charge is -2.23. The highest BCUT2D eigenvalue weighted by Crippen LogP contribution is 2.28. The number of rotatable bonds is 3. The lowest BCUT2D eigenvalue weighted by Crippen LogP contribution is -2.25. The van der Waals surface area contributed by atoms with E-state index in [0.29, 0.717) is 11.6 Å². The van der Waals surface area contributed by atoms with Crippen molar-refractivity contribution in [1.29, 1.82) is 0 Å². The van der Waals surface area contributed by atoms with Gasteiger partial charge in [0.1, 0.15) is 11.6 Å². The average molecular weight is 336 g/mol. The summed E-state index contributed by atoms with van der Waals surface area (Å²) in [6, 6.07) is 14.6. The molecule has 0 spiro atoms. The molecule has 0 bridgehead atoms. The molecule has 0 atom stereocenters. The van der Waals surface area contributed by atoms with Crippen LogP contribution < -0.4 is 10.2 Å². The number of aromatic nitrogens is 2. The highest BCUT2D eigenvalue weighted by molar-refractivity contribution is 5.90. The summed E-state index contributed by atoms with van der Waals surface area (Å²) in [6.45, 7) is 2.00. The standard InChI is InChI=1S/C20H21FN4/c21-16-10-4-6-12-18(16)23-20-22-17-11-5-3-9-15(17)19(24-20)25-13-7-1-2-8-14-25/h3-6,9-12H,1-2,7-8,13-14H2,(H,22,23,24). The third-order valence-corrected chi connectivity index (χ3v) is 4.61. The van der Waals surface area contributed by atoms with Gasteiger partial charge in [0.25, 0.3) is 0 Å². The van der Waals surface area contributed by atoms with E-state index in [1.54, 1.807) is 18.2 Å². The number of fused-ring (bicyclic) bond motifs is 1. The molecule has 0 amide bonds. The summed E-state index contributed by atoms with van der Waals surface area (Å²) in [5.74, 6) is 1.06. The minimum Gasteiger partial charge on any atom is -0.356 e. The third-order valence-electron chi connectivity index (χ3n) is 4.61. The highest BCUT2D eigenvalue weighted by atomic mass is 19.1. The molecule has 3 aromatic rings. The van der Waals surface area contributed by atoms with Crippen molar-refractivity contribution < 1.29 is 4.39 Å². The van der Waals surface area contributed by atoms with Crippen LogP contribution >= 0.6 is 0 Å². The van der Waals surface area contributed by atoms with Crippen LogP contribution in [-0.2, 0) is 0 Å². The molecule has 0 radical (unpaired) electrons. The Morgan fingerprint density at radius 2 is 1.56 bits per heavy atom. The molecule has 1 fully saturated rings. The van der Waals surface area contributed by atoms with Gasteiger partial charge in [-0.2, -0.15) is 4.98 Å². The van der Waals surface area contributed by atoms with Crippen LogP contribution in [0.2, 0.25) is 0 Å². The van der Waals surface area contributed by atoms with Gasteiger partial charge in [0.2, 0.25) is 5.95 Å². The molecule has 0 saturated carbocycles. The second kappa shape index (κ2) is 7.05. The SMILES string of the molecule is Fc1ccccc1Nc1nc(N2CCCCCC2)c2ccccc2n1. The van der Waals surface area contributed by atoms with Crippen molar-refractivity contribution in [2.24, 2.45) is 0 Å². The van der Waals surface area contributed by atoms with Gasteiger partial charge in [-0.25, -0.2) is 9.37 Å². The van der Waals surface area contributed by atoms with E-state index in [4.69, 9.17) is 4.98 Å². The minimum atomic E-state index is -0.310. The maximum atomic E-state index is 14.0. The number of nitrogens with zero attached hydrogens (tertiary/aromatic N) is 3. The fourth-order valence-corrected chi connectivity index (χ4v) is 3.32. The smallest absolute Gasteiger partial charge is 0.229 e. The lowest BCUT2D eigenvalue weighted by atomic mass is 10.2. The van der Waals surface area contributed by atoms with Gasteiger partial charge in [-0.3, -0.25) is 0 Å². The Bertz CT molecular complexity index is 872. The van der Waals surface area contributed by atoms with Crippen LogP contribution in [0.15, 0.2) is 48.5 Å². The van der Waals surface area contributed by atoms with Crippen molar-refractivity contribution in [2.75, 3.05) is 23.3 Å². The Morgan fingerprint density at radius 3 is 2.36 bits per heavy atom. The molecule has 25 heavy (non-hydrogen) atoms. The molecule has 4 nitrogen and oxygen atoms in total. The number of hydrogen-bond acceptors (Lipinski definition) is 4. The largest absolute Gasteiger partial charge is 0.356 e. The normalized spacial score (nSPS) is 15.2. The summed E-state index contributed by atoms with van der Waals surface area (Å²) < 4.78 is 14.0. The maximum Gasteiger partial charge on any atom is 0.229 e. The first kappa shape index (κ1) is 15.8. The van der Waals surface area contributed by atoms with E-state index in [2.05, 4.69) is 21.3 Å². The first-order chi connectivity index (χ1) is 12.3. The Morgan fingerprint density at radius 1 is 0.840 bits per heavy atom. The fraction of sp³-hybridized carbons (Fsp3) is 0.300. The average Bonchev–Trinajstić information content (AvgIpc) is 2.92. The quantitative estimate of drug-likeness (QED) is 0.739. The van der Waals surface area contributed by atoms with Gasteiger partial charge < -0.3 is 10.2 Å². The number of hydrogen-bond donors (Lipinski definition) is 1. The van der Waals surface area contributed by atoms with Gasteiger partial charge in [-0.1, -0.05) is 37.1 Å². The summed E-state index contributed by atoms with van der Waals surface area (Å²) in [5, 5.41) is 4.08. The molecule has 1 aliphatic heterocycles. The molecule has 0 aliphatic carbocycles. The number of anilines is 3. The van der Waals surface area contributed by atoms with E-state index in [9.17, 15) is 4.39 Å². The van der Waals surface area contributed by atoms with Gasteiger partial charge in [-0.15, -0.1) is 0 Å². The molecule has 2 aromatic carbocycles. The van der Waals surface area contributed by atoms with Gasteiger partial charge in [-0.05, 0) is 37.1 Å². The van der Waals surface area contributed by atoms with Crippen LogP contribution in [0.3, 0.4) is 0 Å². The van der Waals surface area contributed by atoms with Crippen LogP contribution in [0.5, 0.6) is 0 Å². The number of para-hydroxylation sites is 2. The molecule has 2 heterocycles. The summed E-state index contributed by atoms with van der Waals surface area (Å²) in [5.41, 5.74) is 1.26. The Hall–Kier alpha value is -2.69. The molecule has 1 aliphatic rings. The molecule has 128 valence electrons. The summed E-state index contributed by atoms with van der Waals surface area (Å²) in [7, 11) is 0. The number of benzene rings is 2. The van der Waals surface area contributed by atoms with Crippen molar-refractivity contribution in [1.82, 2.24) is 9.97 Å². The first-order valence-electron chi connectivity index (χ1n) is 8.84. The maximum absolute atomic E-state index is 14.0. The van der Waals surface area contributed by atoms with E-state index in [-0.39, 0.29) is 5.82 Å². The second-order valence-corrected chi connectivity index (χ2v) is 6.39. The lowest BCUT2D eigenvalue weighted by molar-refractivity contribution is 0.631. The van der Waals surface area contributed by atoms with E-state index < -0.39 is 0 Å². The van der Waals surface area contributed by atoms with Gasteiger partial charge in [0, 0.05) is 18.5 Å². The van der Waals surface area contributed by atoms with Crippen LogP contribution in [0.4, 0.5) is 21.8 Å². The van der Waals surface area contributed by atoms with Gasteiger partial charge in [0.15, 0.2) is 0 Å². The molecule has 1 aromatic heterocycles. The Labute approximate surface area is 146 Å².